The van der Waals surface area contributed by atoms with Crippen molar-refractivity contribution in [1.29, 1.82) is 0 Å². The predicted octanol–water partition coefficient (Wildman–Crippen LogP) is 7.86. The average molecular weight is 554 g/mol. The summed E-state index contributed by atoms with van der Waals surface area (Å²) in [5, 5.41) is 2.40. The minimum atomic E-state index is -1.26. The van der Waals surface area contributed by atoms with Crippen LogP contribution in [0.1, 0.15) is 83.9 Å². The summed E-state index contributed by atoms with van der Waals surface area (Å²) in [6, 6.07) is 9.53. The molecular weight excluding hydrogens is 510 g/mol. The fraction of sp³-hybridized carbons (Fsp3) is 0.516. The Labute approximate surface area is 234 Å². The van der Waals surface area contributed by atoms with Crippen molar-refractivity contribution in [2.75, 3.05) is 6.54 Å². The maximum atomic E-state index is 12.8. The lowest BCUT2D eigenvalue weighted by Gasteiger charge is -2.53. The summed E-state index contributed by atoms with van der Waals surface area (Å²) in [6.07, 6.45) is 1.32. The summed E-state index contributed by atoms with van der Waals surface area (Å²) in [5.74, 6) is 1.22. The number of amides is 1. The highest BCUT2D eigenvalue weighted by Gasteiger charge is 2.39. The maximum absolute atomic E-state index is 12.8. The summed E-state index contributed by atoms with van der Waals surface area (Å²) in [7, 11) is -1.26. The molecule has 4 rings (SSSR count). The van der Waals surface area contributed by atoms with Crippen LogP contribution in [0.15, 0.2) is 36.5 Å². The number of pyridine rings is 1. The second-order valence-electron chi connectivity index (χ2n) is 12.2. The molecule has 0 bridgehead atoms. The van der Waals surface area contributed by atoms with E-state index in [4.69, 9.17) is 14.5 Å². The number of carbonyl (C=O) groups is 2. The van der Waals surface area contributed by atoms with E-state index in [1.807, 2.05) is 45.2 Å². The van der Waals surface area contributed by atoms with Gasteiger partial charge < -0.3 is 9.47 Å². The first kappa shape index (κ1) is 29.0. The highest BCUT2D eigenvalue weighted by Crippen LogP contribution is 2.63. The smallest absolute Gasteiger partial charge is 0.411 e. The number of rotatable bonds is 6. The summed E-state index contributed by atoms with van der Waals surface area (Å²) in [6.45, 7) is 21.9. The van der Waals surface area contributed by atoms with Crippen molar-refractivity contribution in [3.05, 3.63) is 53.3 Å². The molecule has 0 aliphatic carbocycles. The van der Waals surface area contributed by atoms with Crippen molar-refractivity contribution in [2.45, 2.75) is 97.1 Å². The Hall–Kier alpha value is -3.00. The third kappa shape index (κ3) is 5.28. The van der Waals surface area contributed by atoms with Gasteiger partial charge in [0.15, 0.2) is 11.4 Å². The first-order valence-corrected chi connectivity index (χ1v) is 15.5. The van der Waals surface area contributed by atoms with Crippen LogP contribution in [-0.4, -0.2) is 53.6 Å². The summed E-state index contributed by atoms with van der Waals surface area (Å²) in [5.41, 5.74) is 2.86. The van der Waals surface area contributed by atoms with Gasteiger partial charge in [-0.15, -0.1) is 0 Å². The van der Waals surface area contributed by atoms with Gasteiger partial charge in [-0.3, -0.25) is 13.7 Å². The van der Waals surface area contributed by atoms with Gasteiger partial charge in [0, 0.05) is 33.2 Å². The molecule has 39 heavy (non-hydrogen) atoms. The number of hydrogen-bond donors (Lipinski definition) is 0. The molecule has 0 unspecified atom stereocenters. The number of ketones is 1. The molecular formula is C31H43N3O4S. The van der Waals surface area contributed by atoms with Gasteiger partial charge >= 0.3 is 6.09 Å². The number of nitrogens with zero attached hydrogens (tertiary/aromatic N) is 3. The van der Waals surface area contributed by atoms with Crippen LogP contribution < -0.4 is 4.74 Å². The molecule has 2 aromatic heterocycles. The van der Waals surface area contributed by atoms with Gasteiger partial charge in [-0.05, 0) is 63.6 Å². The Kier molecular flexibility index (Phi) is 7.83. The number of benzene rings is 1. The second kappa shape index (κ2) is 10.5. The van der Waals surface area contributed by atoms with Crippen LogP contribution in [0.4, 0.5) is 4.79 Å². The van der Waals surface area contributed by atoms with Crippen LogP contribution in [0.2, 0.25) is 0 Å². The number of ether oxygens (including phenoxy) is 2. The first-order chi connectivity index (χ1) is 18.2. The molecule has 3 heterocycles. The van der Waals surface area contributed by atoms with Gasteiger partial charge in [0.1, 0.15) is 17.1 Å². The van der Waals surface area contributed by atoms with E-state index in [0.717, 1.165) is 22.3 Å². The predicted molar refractivity (Wildman–Crippen MR) is 160 cm³/mol. The van der Waals surface area contributed by atoms with E-state index in [1.165, 1.54) is 10.6 Å². The molecule has 1 aliphatic heterocycles. The molecule has 0 fully saturated rings. The van der Waals surface area contributed by atoms with Gasteiger partial charge in [-0.2, -0.15) is 10.2 Å². The molecule has 0 saturated heterocycles. The van der Waals surface area contributed by atoms with Gasteiger partial charge in [-0.25, -0.2) is 9.78 Å². The molecule has 0 N–H and O–H groups in total. The lowest BCUT2D eigenvalue weighted by atomic mass is 9.98. The Morgan fingerprint density at radius 2 is 1.62 bits per heavy atom. The van der Waals surface area contributed by atoms with E-state index in [2.05, 4.69) is 58.5 Å². The maximum Gasteiger partial charge on any atom is 0.411 e. The van der Waals surface area contributed by atoms with Crippen LogP contribution >= 0.6 is 10.2 Å². The molecule has 0 saturated carbocycles. The normalized spacial score (nSPS) is 14.9. The molecule has 212 valence electrons. The van der Waals surface area contributed by atoms with Crippen LogP contribution in [0.5, 0.6) is 11.5 Å². The Morgan fingerprint density at radius 3 is 2.21 bits per heavy atom. The Morgan fingerprint density at radius 1 is 0.974 bits per heavy atom. The highest BCUT2D eigenvalue weighted by molar-refractivity contribution is 8.34. The van der Waals surface area contributed by atoms with Gasteiger partial charge in [0.2, 0.25) is 0 Å². The van der Waals surface area contributed by atoms with E-state index in [9.17, 15) is 9.59 Å². The third-order valence-electron chi connectivity index (χ3n) is 7.33. The average Bonchev–Trinajstić information content (AvgIpc) is 3.14. The van der Waals surface area contributed by atoms with Crippen molar-refractivity contribution in [2.24, 2.45) is 0 Å². The minimum Gasteiger partial charge on any atom is -0.457 e. The minimum absolute atomic E-state index is 0.00548. The van der Waals surface area contributed by atoms with Crippen molar-refractivity contribution >= 4 is 33.1 Å². The monoisotopic (exact) mass is 553 g/mol. The van der Waals surface area contributed by atoms with Crippen LogP contribution in [0.25, 0.3) is 11.0 Å². The van der Waals surface area contributed by atoms with E-state index >= 15 is 0 Å². The summed E-state index contributed by atoms with van der Waals surface area (Å²) in [4.78, 5) is 31.8. The zero-order chi connectivity index (χ0) is 28.9. The number of aromatic nitrogens is 2. The van der Waals surface area contributed by atoms with Crippen molar-refractivity contribution in [1.82, 2.24) is 13.9 Å². The summed E-state index contributed by atoms with van der Waals surface area (Å²) < 4.78 is 14.4. The molecule has 0 radical (unpaired) electrons. The topological polar surface area (TPSA) is 73.7 Å². The van der Waals surface area contributed by atoms with Gasteiger partial charge in [0.05, 0.1) is 18.5 Å². The van der Waals surface area contributed by atoms with Crippen LogP contribution in [-0.2, 0) is 11.3 Å². The first-order valence-electron chi connectivity index (χ1n) is 13.8. The van der Waals surface area contributed by atoms with Crippen LogP contribution in [0.3, 0.4) is 0 Å². The Balaban J connectivity index is 1.72. The zero-order valence-electron chi connectivity index (χ0n) is 25.0. The van der Waals surface area contributed by atoms with Crippen molar-refractivity contribution < 1.29 is 19.1 Å². The molecule has 8 heteroatoms. The van der Waals surface area contributed by atoms with Gasteiger partial charge in [0.25, 0.3) is 0 Å². The molecule has 0 atom stereocenters. The van der Waals surface area contributed by atoms with E-state index in [1.54, 1.807) is 6.07 Å². The molecule has 3 aromatic rings. The third-order valence-corrected chi connectivity index (χ3v) is 13.0. The van der Waals surface area contributed by atoms with Crippen LogP contribution in [0, 0.1) is 6.92 Å². The van der Waals surface area contributed by atoms with E-state index in [-0.39, 0.29) is 18.9 Å². The van der Waals surface area contributed by atoms with Crippen molar-refractivity contribution in [3.63, 3.8) is 0 Å². The second-order valence-corrected chi connectivity index (χ2v) is 16.8. The lowest BCUT2D eigenvalue weighted by Crippen LogP contribution is -2.42. The largest absolute Gasteiger partial charge is 0.457 e. The van der Waals surface area contributed by atoms with E-state index in [0.29, 0.717) is 27.1 Å². The number of Topliss-reactive ketones (excluding diaryl/α,β-unsaturated/α-hetero) is 1. The zero-order valence-corrected chi connectivity index (χ0v) is 25.8. The number of fused-ring (bicyclic) bond motifs is 2. The molecule has 1 aliphatic rings. The highest BCUT2D eigenvalue weighted by atomic mass is 32.3. The van der Waals surface area contributed by atoms with Crippen molar-refractivity contribution in [3.8, 4) is 11.5 Å². The SMILES string of the molecule is Cc1cc2c(Oc3ccc4c(c3)CN(C(=O)OC(C)(C)C)CC4=O)ccnc2n1S(C(C)C)(C(C)C)C(C)C. The lowest BCUT2D eigenvalue weighted by molar-refractivity contribution is 0.0220. The fourth-order valence-corrected chi connectivity index (χ4v) is 11.6. The number of hydrogen-bond acceptors (Lipinski definition) is 5. The fourth-order valence-electron chi connectivity index (χ4n) is 6.07. The molecule has 7 nitrogen and oxygen atoms in total. The number of carbonyl (C=O) groups excluding carboxylic acids is 2. The Bertz CT molecular complexity index is 1380. The quantitative estimate of drug-likeness (QED) is 0.311. The molecule has 1 aromatic carbocycles. The van der Waals surface area contributed by atoms with Gasteiger partial charge in [-0.1, -0.05) is 41.5 Å². The molecule has 1 amide bonds. The summed E-state index contributed by atoms with van der Waals surface area (Å²) >= 11 is 0. The number of aryl methyl sites for hydroxylation is 1. The standard InChI is InChI=1S/C31H43N3O4S/c1-19(2)39(20(3)4,21(5)6)34-22(7)15-26-28(13-14-32-29(26)34)37-24-11-12-25-23(16-24)17-33(18-27(25)35)30(36)38-31(8,9)10/h11-16,19-21H,17-18H2,1-10H3. The molecule has 0 spiro atoms. The van der Waals surface area contributed by atoms with E-state index < -0.39 is 21.9 Å².